The SMILES string of the molecule is C=C(COC(=O)CCc1ccc(N(c2ccc(CCC(=O)OCC(=C)C(=O)OC)cc2)c2ccc(-c3ccc(N(c4ccc(CCC(=O)OCC(=C)C(=O)OC)cc4)c4ccc(CCC(=O)OCC(=C)C(=O)OC)cc4)cc3)cc2)cc1)C(=O)OC. The fourth-order valence-corrected chi connectivity index (χ4v) is 8.50. The lowest BCUT2D eigenvalue weighted by molar-refractivity contribution is -0.145. The highest BCUT2D eigenvalue weighted by molar-refractivity contribution is 5.90. The molecule has 0 spiro atoms. The van der Waals surface area contributed by atoms with Crippen LogP contribution in [-0.2, 0) is 102 Å². The highest BCUT2D eigenvalue weighted by Gasteiger charge is 2.19. The summed E-state index contributed by atoms with van der Waals surface area (Å²) in [5.41, 5.74) is 10.6. The van der Waals surface area contributed by atoms with E-state index in [1.54, 1.807) is 0 Å². The molecule has 18 heteroatoms. The third-order valence-electron chi connectivity index (χ3n) is 13.4. The van der Waals surface area contributed by atoms with E-state index >= 15 is 0 Å². The number of anilines is 6. The molecule has 0 bridgehead atoms. The molecule has 0 saturated heterocycles. The van der Waals surface area contributed by atoms with Gasteiger partial charge in [0.2, 0.25) is 0 Å². The van der Waals surface area contributed by atoms with Crippen LogP contribution in [0.5, 0.6) is 0 Å². The molecule has 18 nitrogen and oxygen atoms in total. The lowest BCUT2D eigenvalue weighted by atomic mass is 10.0. The van der Waals surface area contributed by atoms with E-state index in [1.165, 1.54) is 28.4 Å². The van der Waals surface area contributed by atoms with Crippen LogP contribution in [0.2, 0.25) is 0 Å². The lowest BCUT2D eigenvalue weighted by Gasteiger charge is -2.27. The maximum absolute atomic E-state index is 12.5. The first-order valence-electron chi connectivity index (χ1n) is 27.2. The molecule has 0 amide bonds. The van der Waals surface area contributed by atoms with Gasteiger partial charge in [-0.2, -0.15) is 0 Å². The summed E-state index contributed by atoms with van der Waals surface area (Å²) in [7, 11) is 4.90. The Balaban J connectivity index is 1.22. The number of hydrogen-bond acceptors (Lipinski definition) is 18. The molecule has 86 heavy (non-hydrogen) atoms. The average Bonchev–Trinajstić information content (AvgIpc) is 1.76. The van der Waals surface area contributed by atoms with Gasteiger partial charge in [-0.05, 0) is 132 Å². The standard InChI is InChI=1S/C68H68N2O16/c1-45(65(75)79-5)41-83-61(71)37-17-49-9-25-55(26-10-49)69(56-27-11-50(12-28-56)18-38-62(72)84-42-46(2)66(76)80-6)59-33-21-53(22-34-59)54-23-35-60(36-24-54)70(57-29-13-51(14-30-57)19-39-63(73)85-43-47(3)67(77)81-7)58-31-15-52(16-32-58)20-40-64(74)86-44-48(4)68(78)82-8/h9-16,21-36H,1-4,17-20,37-44H2,5-8H3. The summed E-state index contributed by atoms with van der Waals surface area (Å²) in [5, 5.41) is 0. The summed E-state index contributed by atoms with van der Waals surface area (Å²) in [5.74, 6) is -4.54. The molecule has 0 radical (unpaired) electrons. The van der Waals surface area contributed by atoms with Crippen molar-refractivity contribution in [3.63, 3.8) is 0 Å². The van der Waals surface area contributed by atoms with Crippen LogP contribution in [0.25, 0.3) is 11.1 Å². The molecule has 0 aliphatic rings. The first-order chi connectivity index (χ1) is 41.4. The Kier molecular flexibility index (Phi) is 24.5. The molecule has 0 aromatic heterocycles. The van der Waals surface area contributed by atoms with Crippen molar-refractivity contribution in [2.45, 2.75) is 51.4 Å². The third kappa shape index (κ3) is 19.4. The van der Waals surface area contributed by atoms with Crippen LogP contribution in [-0.4, -0.2) is 103 Å². The Morgan fingerprint density at radius 1 is 0.291 bits per heavy atom. The number of methoxy groups -OCH3 is 4. The predicted octanol–water partition coefficient (Wildman–Crippen LogP) is 11.1. The van der Waals surface area contributed by atoms with E-state index in [0.717, 1.165) is 67.5 Å². The Morgan fingerprint density at radius 3 is 0.640 bits per heavy atom. The van der Waals surface area contributed by atoms with E-state index in [1.807, 2.05) is 146 Å². The number of ether oxygens (including phenoxy) is 8. The highest BCUT2D eigenvalue weighted by atomic mass is 16.6. The highest BCUT2D eigenvalue weighted by Crippen LogP contribution is 2.39. The number of aryl methyl sites for hydroxylation is 4. The van der Waals surface area contributed by atoms with Gasteiger partial charge in [0.05, 0.1) is 50.7 Å². The van der Waals surface area contributed by atoms with Crippen molar-refractivity contribution < 1.29 is 76.3 Å². The van der Waals surface area contributed by atoms with Gasteiger partial charge in [-0.25, -0.2) is 19.2 Å². The van der Waals surface area contributed by atoms with Crippen molar-refractivity contribution in [1.29, 1.82) is 0 Å². The maximum atomic E-state index is 12.5. The van der Waals surface area contributed by atoms with E-state index in [0.29, 0.717) is 25.7 Å². The van der Waals surface area contributed by atoms with Gasteiger partial charge in [-0.3, -0.25) is 19.2 Å². The largest absolute Gasteiger partial charge is 0.466 e. The van der Waals surface area contributed by atoms with Crippen LogP contribution in [0.1, 0.15) is 47.9 Å². The van der Waals surface area contributed by atoms with Gasteiger partial charge >= 0.3 is 47.8 Å². The lowest BCUT2D eigenvalue weighted by Crippen LogP contribution is -2.14. The topological polar surface area (TPSA) is 217 Å². The number of hydrogen-bond donors (Lipinski definition) is 0. The summed E-state index contributed by atoms with van der Waals surface area (Å²) in [6, 6.07) is 47.4. The van der Waals surface area contributed by atoms with Gasteiger partial charge in [0.15, 0.2) is 0 Å². The summed E-state index contributed by atoms with van der Waals surface area (Å²) >= 11 is 0. The molecule has 0 unspecified atom stereocenters. The molecule has 446 valence electrons. The number of nitrogens with zero attached hydrogens (tertiary/aromatic N) is 2. The van der Waals surface area contributed by atoms with Crippen molar-refractivity contribution in [3.8, 4) is 11.1 Å². The monoisotopic (exact) mass is 1170 g/mol. The zero-order valence-corrected chi connectivity index (χ0v) is 48.6. The molecule has 6 rings (SSSR count). The van der Waals surface area contributed by atoms with Gasteiger partial charge in [0, 0.05) is 59.8 Å². The number of benzene rings is 6. The van der Waals surface area contributed by atoms with Gasteiger partial charge in [0.1, 0.15) is 26.4 Å². The third-order valence-corrected chi connectivity index (χ3v) is 13.4. The Bertz CT molecular complexity index is 2990. The predicted molar refractivity (Wildman–Crippen MR) is 323 cm³/mol. The van der Waals surface area contributed by atoms with Gasteiger partial charge < -0.3 is 47.7 Å². The molecule has 0 N–H and O–H groups in total. The Morgan fingerprint density at radius 2 is 0.465 bits per heavy atom. The van der Waals surface area contributed by atoms with E-state index in [-0.39, 0.29) is 74.4 Å². The molecular formula is C68H68N2O16. The van der Waals surface area contributed by atoms with Gasteiger partial charge in [0.25, 0.3) is 0 Å². The molecule has 6 aromatic rings. The quantitative estimate of drug-likeness (QED) is 0.0224. The number of esters is 8. The molecule has 0 saturated carbocycles. The average molecular weight is 1170 g/mol. The second-order valence-corrected chi connectivity index (χ2v) is 19.5. The van der Waals surface area contributed by atoms with Crippen LogP contribution < -0.4 is 9.80 Å². The normalized spacial score (nSPS) is 10.5. The second-order valence-electron chi connectivity index (χ2n) is 19.5. The summed E-state index contributed by atoms with van der Waals surface area (Å²) < 4.78 is 39.4. The zero-order valence-electron chi connectivity index (χ0n) is 48.6. The fraction of sp³-hybridized carbons (Fsp3) is 0.235. The first kappa shape index (κ1) is 64.8. The fourth-order valence-electron chi connectivity index (χ4n) is 8.50. The van der Waals surface area contributed by atoms with Crippen molar-refractivity contribution in [2.24, 2.45) is 0 Å². The maximum Gasteiger partial charge on any atom is 0.336 e. The van der Waals surface area contributed by atoms with Crippen molar-refractivity contribution in [2.75, 3.05) is 64.7 Å². The van der Waals surface area contributed by atoms with Crippen LogP contribution in [0, 0.1) is 0 Å². The molecular weight excluding hydrogens is 1100 g/mol. The second kappa shape index (κ2) is 32.5. The minimum atomic E-state index is -0.650. The smallest absolute Gasteiger partial charge is 0.336 e. The number of carbonyl (C=O) groups is 8. The van der Waals surface area contributed by atoms with Gasteiger partial charge in [-0.1, -0.05) is 99.1 Å². The number of carbonyl (C=O) groups excluding carboxylic acids is 8. The van der Waals surface area contributed by atoms with E-state index in [9.17, 15) is 38.4 Å². The van der Waals surface area contributed by atoms with Crippen LogP contribution in [0.4, 0.5) is 34.1 Å². The van der Waals surface area contributed by atoms with Crippen molar-refractivity contribution >= 4 is 81.9 Å². The van der Waals surface area contributed by atoms with Crippen molar-refractivity contribution in [3.05, 3.63) is 216 Å². The number of rotatable bonds is 31. The van der Waals surface area contributed by atoms with Crippen LogP contribution in [0.3, 0.4) is 0 Å². The summed E-state index contributed by atoms with van der Waals surface area (Å²) in [4.78, 5) is 101. The molecule has 6 aromatic carbocycles. The Hall–Kier alpha value is -10.4. The van der Waals surface area contributed by atoms with Crippen molar-refractivity contribution in [1.82, 2.24) is 0 Å². The Labute approximate surface area is 499 Å². The van der Waals surface area contributed by atoms with E-state index < -0.39 is 47.8 Å². The van der Waals surface area contributed by atoms with Gasteiger partial charge in [-0.15, -0.1) is 0 Å². The molecule has 0 aliphatic carbocycles. The minimum Gasteiger partial charge on any atom is -0.466 e. The van der Waals surface area contributed by atoms with Crippen LogP contribution in [0.15, 0.2) is 194 Å². The zero-order chi connectivity index (χ0) is 62.1. The summed E-state index contributed by atoms with van der Waals surface area (Å²) in [6.45, 7) is 13.3. The molecule has 0 atom stereocenters. The summed E-state index contributed by atoms with van der Waals surface area (Å²) in [6.07, 6.45) is 1.88. The molecule has 0 aliphatic heterocycles. The molecule has 0 heterocycles. The minimum absolute atomic E-state index is 0.0362. The van der Waals surface area contributed by atoms with E-state index in [4.69, 9.17) is 18.9 Å². The molecule has 0 fully saturated rings. The first-order valence-corrected chi connectivity index (χ1v) is 27.2. The van der Waals surface area contributed by atoms with E-state index in [2.05, 4.69) is 55.1 Å². The van der Waals surface area contributed by atoms with Crippen LogP contribution >= 0.6 is 0 Å².